The van der Waals surface area contributed by atoms with Crippen molar-refractivity contribution in [2.45, 2.75) is 74.4 Å². The van der Waals surface area contributed by atoms with Crippen LogP contribution in [0.1, 0.15) is 70.3 Å². The zero-order valence-electron chi connectivity index (χ0n) is 34.5. The first-order chi connectivity index (χ1) is 29.5. The summed E-state index contributed by atoms with van der Waals surface area (Å²) in [4.78, 5) is 16.3. The number of ether oxygens (including phenoxy) is 2. The van der Waals surface area contributed by atoms with Crippen molar-refractivity contribution in [2.75, 3.05) is 18.9 Å². The lowest BCUT2D eigenvalue weighted by Crippen LogP contribution is -2.46. The maximum Gasteiger partial charge on any atom is 0.242 e. The third kappa shape index (κ3) is 10.9. The minimum atomic E-state index is -4.05. The highest BCUT2D eigenvalue weighted by Crippen LogP contribution is 2.47. The molecule has 1 aliphatic heterocycles. The molecule has 7 atom stereocenters. The molecule has 0 aromatic heterocycles. The molecule has 7 rings (SSSR count). The van der Waals surface area contributed by atoms with Gasteiger partial charge in [-0.15, -0.1) is 0 Å². The monoisotopic (exact) mass is 839 g/mol. The van der Waals surface area contributed by atoms with Crippen LogP contribution in [-0.2, 0) is 37.3 Å². The van der Waals surface area contributed by atoms with E-state index in [1.54, 1.807) is 30.3 Å². The number of aliphatic hydroxyl groups excluding tert-OH is 2. The SMILES string of the molecule is Cc1ccc(S(=O)(=O)N[C@H](Cc2ccccc2)C(=O)Nc2cccc(C3O[C@H](CN(C)[C@@H](C)[C@H](O)c4ccccc4)[C@@H](c4ccccc4)[C@H](c4ccc(CO)cc4)O3)c2)cc1. The van der Waals surface area contributed by atoms with Crippen molar-refractivity contribution >= 4 is 21.6 Å². The van der Waals surface area contributed by atoms with E-state index in [0.717, 1.165) is 33.4 Å². The Morgan fingerprint density at radius 3 is 2.02 bits per heavy atom. The van der Waals surface area contributed by atoms with E-state index in [2.05, 4.69) is 27.1 Å². The largest absolute Gasteiger partial charge is 0.392 e. The molecule has 316 valence electrons. The van der Waals surface area contributed by atoms with E-state index >= 15 is 0 Å². The predicted molar refractivity (Wildman–Crippen MR) is 237 cm³/mol. The Bertz CT molecular complexity index is 2440. The van der Waals surface area contributed by atoms with Gasteiger partial charge in [-0.25, -0.2) is 8.42 Å². The molecule has 1 unspecified atom stereocenters. The van der Waals surface area contributed by atoms with Gasteiger partial charge in [0.25, 0.3) is 0 Å². The molecule has 0 spiro atoms. The highest BCUT2D eigenvalue weighted by molar-refractivity contribution is 7.89. The summed E-state index contributed by atoms with van der Waals surface area (Å²) in [6, 6.07) is 49.0. The van der Waals surface area contributed by atoms with Crippen molar-refractivity contribution in [1.82, 2.24) is 9.62 Å². The molecule has 61 heavy (non-hydrogen) atoms. The van der Waals surface area contributed by atoms with Crippen molar-refractivity contribution < 1.29 is 32.9 Å². The van der Waals surface area contributed by atoms with Crippen molar-refractivity contribution in [2.24, 2.45) is 0 Å². The molecule has 1 aliphatic rings. The fraction of sp³-hybridized carbons (Fsp3) is 0.260. The summed E-state index contributed by atoms with van der Waals surface area (Å²) in [7, 11) is -2.07. The van der Waals surface area contributed by atoms with E-state index in [4.69, 9.17) is 9.47 Å². The second-order valence-corrected chi connectivity index (χ2v) is 17.4. The molecule has 6 aromatic carbocycles. The van der Waals surface area contributed by atoms with Gasteiger partial charge >= 0.3 is 0 Å². The molecule has 0 aliphatic carbocycles. The van der Waals surface area contributed by atoms with Crippen LogP contribution >= 0.6 is 0 Å². The van der Waals surface area contributed by atoms with Crippen LogP contribution in [0.3, 0.4) is 0 Å². The first-order valence-corrected chi connectivity index (χ1v) is 22.0. The Kier molecular flexibility index (Phi) is 14.2. The van der Waals surface area contributed by atoms with Crippen LogP contribution in [0.4, 0.5) is 5.69 Å². The quantitative estimate of drug-likeness (QED) is 0.0770. The average molecular weight is 840 g/mol. The summed E-state index contributed by atoms with van der Waals surface area (Å²) in [5.74, 6) is -0.803. The highest BCUT2D eigenvalue weighted by atomic mass is 32.2. The van der Waals surface area contributed by atoms with Gasteiger partial charge in [-0.1, -0.05) is 145 Å². The normalized spacial score (nSPS) is 19.5. The second kappa shape index (κ2) is 19.9. The highest BCUT2D eigenvalue weighted by Gasteiger charge is 2.43. The summed E-state index contributed by atoms with van der Waals surface area (Å²) >= 11 is 0. The zero-order chi connectivity index (χ0) is 42.9. The molecule has 11 heteroatoms. The first kappa shape index (κ1) is 43.6. The third-order valence-corrected chi connectivity index (χ3v) is 12.9. The topological polar surface area (TPSA) is 137 Å². The first-order valence-electron chi connectivity index (χ1n) is 20.5. The number of nitrogens with zero attached hydrogens (tertiary/aromatic N) is 1. The van der Waals surface area contributed by atoms with Crippen molar-refractivity contribution in [3.05, 3.63) is 203 Å². The number of hydrogen-bond donors (Lipinski definition) is 4. The number of hydrogen-bond acceptors (Lipinski definition) is 8. The fourth-order valence-corrected chi connectivity index (χ4v) is 8.98. The van der Waals surface area contributed by atoms with Gasteiger partial charge in [-0.2, -0.15) is 4.72 Å². The van der Waals surface area contributed by atoms with Gasteiger partial charge in [0.05, 0.1) is 29.8 Å². The maximum atomic E-state index is 14.1. The molecule has 1 fully saturated rings. The number of aryl methyl sites for hydroxylation is 1. The van der Waals surface area contributed by atoms with Crippen LogP contribution in [0.15, 0.2) is 169 Å². The van der Waals surface area contributed by atoms with E-state index in [1.165, 1.54) is 12.1 Å². The Labute approximate surface area is 358 Å². The number of anilines is 1. The number of sulfonamides is 1. The van der Waals surface area contributed by atoms with Crippen LogP contribution in [0.2, 0.25) is 0 Å². The summed E-state index contributed by atoms with van der Waals surface area (Å²) in [5.41, 5.74) is 6.31. The van der Waals surface area contributed by atoms with Gasteiger partial charge in [0.2, 0.25) is 15.9 Å². The Balaban J connectivity index is 1.19. The summed E-state index contributed by atoms with van der Waals surface area (Å²) in [5, 5.41) is 24.3. The number of amides is 1. The van der Waals surface area contributed by atoms with Gasteiger partial charge in [0.15, 0.2) is 6.29 Å². The second-order valence-electron chi connectivity index (χ2n) is 15.7. The van der Waals surface area contributed by atoms with E-state index in [0.29, 0.717) is 17.8 Å². The number of likely N-dealkylation sites (N-methyl/N-ethyl adjacent to an activating group) is 1. The minimum Gasteiger partial charge on any atom is -0.392 e. The molecule has 1 saturated heterocycles. The predicted octanol–water partition coefficient (Wildman–Crippen LogP) is 8.01. The van der Waals surface area contributed by atoms with Crippen molar-refractivity contribution in [3.8, 4) is 0 Å². The lowest BCUT2D eigenvalue weighted by molar-refractivity contribution is -0.264. The summed E-state index contributed by atoms with van der Waals surface area (Å²) < 4.78 is 43.7. The maximum absolute atomic E-state index is 14.1. The Hall–Kier alpha value is -5.50. The lowest BCUT2D eigenvalue weighted by Gasteiger charge is -2.45. The van der Waals surface area contributed by atoms with Crippen LogP contribution in [-0.4, -0.2) is 61.2 Å². The number of nitrogens with one attached hydrogen (secondary N) is 2. The molecule has 0 radical (unpaired) electrons. The third-order valence-electron chi connectivity index (χ3n) is 11.4. The van der Waals surface area contributed by atoms with Gasteiger partial charge in [0, 0.05) is 29.8 Å². The molecule has 0 bridgehead atoms. The van der Waals surface area contributed by atoms with E-state index in [-0.39, 0.29) is 29.9 Å². The molecule has 1 heterocycles. The molecular formula is C50H53N3O7S. The smallest absolute Gasteiger partial charge is 0.242 e. The van der Waals surface area contributed by atoms with E-state index in [9.17, 15) is 23.4 Å². The van der Waals surface area contributed by atoms with Crippen LogP contribution in [0, 0.1) is 6.92 Å². The van der Waals surface area contributed by atoms with Crippen LogP contribution < -0.4 is 10.0 Å². The number of carbonyl (C=O) groups excluding carboxylic acids is 1. The van der Waals surface area contributed by atoms with Gasteiger partial charge in [-0.3, -0.25) is 9.69 Å². The van der Waals surface area contributed by atoms with Gasteiger partial charge in [0.1, 0.15) is 6.04 Å². The fourth-order valence-electron chi connectivity index (χ4n) is 7.79. The van der Waals surface area contributed by atoms with E-state index < -0.39 is 46.6 Å². The number of aliphatic hydroxyl groups is 2. The molecule has 0 saturated carbocycles. The molecular weight excluding hydrogens is 787 g/mol. The lowest BCUT2D eigenvalue weighted by atomic mass is 9.83. The number of benzene rings is 6. The average Bonchev–Trinajstić information content (AvgIpc) is 3.29. The Morgan fingerprint density at radius 1 is 0.738 bits per heavy atom. The van der Waals surface area contributed by atoms with Gasteiger partial charge in [-0.05, 0) is 79.4 Å². The van der Waals surface area contributed by atoms with Crippen LogP contribution in [0.25, 0.3) is 0 Å². The molecule has 1 amide bonds. The Morgan fingerprint density at radius 2 is 1.36 bits per heavy atom. The number of carbonyl (C=O) groups is 1. The standard InChI is InChI=1S/C50H53N3O7S/c1-34-22-28-43(29-23-34)61(57,58)52-44(30-36-14-7-4-8-15-36)49(56)51-42-21-13-20-41(31-42)50-59-45(32-53(3)35(2)47(55)39-18-11-6-12-19-39)46(38-16-9-5-10-17-38)48(60-50)40-26-24-37(33-54)25-27-40/h4-29,31,35,44-48,50,52,54-55H,30,32-33H2,1-3H3,(H,51,56)/t35-,44+,45+,46+,47-,48-,50?/m0/s1. The van der Waals surface area contributed by atoms with Crippen molar-refractivity contribution in [1.29, 1.82) is 0 Å². The zero-order valence-corrected chi connectivity index (χ0v) is 35.4. The summed E-state index contributed by atoms with van der Waals surface area (Å²) in [6.07, 6.45) is -2.44. The van der Waals surface area contributed by atoms with E-state index in [1.807, 2.05) is 130 Å². The molecule has 10 nitrogen and oxygen atoms in total. The van der Waals surface area contributed by atoms with Crippen molar-refractivity contribution in [3.63, 3.8) is 0 Å². The van der Waals surface area contributed by atoms with Crippen LogP contribution in [0.5, 0.6) is 0 Å². The number of rotatable bonds is 16. The minimum absolute atomic E-state index is 0.0658. The molecule has 4 N–H and O–H groups in total. The van der Waals surface area contributed by atoms with Gasteiger partial charge < -0.3 is 25.0 Å². The summed E-state index contributed by atoms with van der Waals surface area (Å²) in [6.45, 7) is 4.22. The molecule has 6 aromatic rings.